The summed E-state index contributed by atoms with van der Waals surface area (Å²) in [6.07, 6.45) is 3.53. The number of fused-ring (bicyclic) bond motifs is 2. The number of thiophene rings is 1. The number of nitrogens with one attached hydrogen (secondary N) is 3. The van der Waals surface area contributed by atoms with Crippen LogP contribution in [-0.2, 0) is 0 Å². The predicted octanol–water partition coefficient (Wildman–Crippen LogP) is 6.98. The Hall–Kier alpha value is -4.01. The van der Waals surface area contributed by atoms with E-state index in [-0.39, 0.29) is 0 Å². The molecular formula is C29H28N6OS. The van der Waals surface area contributed by atoms with Crippen LogP contribution in [0.4, 0.5) is 5.69 Å². The van der Waals surface area contributed by atoms with Gasteiger partial charge in [-0.2, -0.15) is 5.10 Å². The number of H-pyrrole nitrogens is 2. The van der Waals surface area contributed by atoms with Gasteiger partial charge in [-0.3, -0.25) is 10.1 Å². The summed E-state index contributed by atoms with van der Waals surface area (Å²) in [4.78, 5) is 15.4. The van der Waals surface area contributed by atoms with Gasteiger partial charge in [-0.05, 0) is 61.7 Å². The van der Waals surface area contributed by atoms with Crippen molar-refractivity contribution in [3.8, 4) is 33.1 Å². The van der Waals surface area contributed by atoms with E-state index in [0.29, 0.717) is 12.3 Å². The molecule has 37 heavy (non-hydrogen) atoms. The van der Waals surface area contributed by atoms with Crippen molar-refractivity contribution in [1.82, 2.24) is 25.1 Å². The molecule has 5 heterocycles. The van der Waals surface area contributed by atoms with Gasteiger partial charge in [-0.15, -0.1) is 11.3 Å². The summed E-state index contributed by atoms with van der Waals surface area (Å²) in [5, 5.41) is 22.3. The minimum Gasteiger partial charge on any atom is -0.374 e. The van der Waals surface area contributed by atoms with Gasteiger partial charge in [0, 0.05) is 38.0 Å². The summed E-state index contributed by atoms with van der Waals surface area (Å²) >= 11 is 1.80. The van der Waals surface area contributed by atoms with Crippen molar-refractivity contribution in [2.75, 3.05) is 5.32 Å². The summed E-state index contributed by atoms with van der Waals surface area (Å²) in [5.41, 5.74) is 8.02. The second-order valence-electron chi connectivity index (χ2n) is 9.78. The molecule has 0 saturated heterocycles. The lowest BCUT2D eigenvalue weighted by Gasteiger charge is -2.16. The van der Waals surface area contributed by atoms with E-state index < -0.39 is 6.23 Å². The normalized spacial score (nSPS) is 12.6. The molecule has 1 unspecified atom stereocenters. The molecular weight excluding hydrogens is 480 g/mol. The number of aromatic nitrogens is 5. The molecule has 5 aromatic heterocycles. The highest BCUT2D eigenvalue weighted by atomic mass is 32.1. The third-order valence-corrected chi connectivity index (χ3v) is 7.43. The second-order valence-corrected chi connectivity index (χ2v) is 11.1. The van der Waals surface area contributed by atoms with E-state index in [0.717, 1.165) is 50.3 Å². The summed E-state index contributed by atoms with van der Waals surface area (Å²) in [6, 6.07) is 18.7. The number of hydrogen-bond acceptors (Lipinski definition) is 6. The monoisotopic (exact) mass is 508 g/mol. The van der Waals surface area contributed by atoms with Crippen LogP contribution < -0.4 is 5.32 Å². The Morgan fingerprint density at radius 3 is 2.73 bits per heavy atom. The molecule has 0 aliphatic rings. The highest BCUT2D eigenvalue weighted by Crippen LogP contribution is 2.36. The summed E-state index contributed by atoms with van der Waals surface area (Å²) in [6.45, 7) is 6.29. The lowest BCUT2D eigenvalue weighted by Crippen LogP contribution is -2.20. The number of pyridine rings is 2. The first-order chi connectivity index (χ1) is 17.9. The Kier molecular flexibility index (Phi) is 5.98. The Labute approximate surface area is 218 Å². The number of nitrogens with zero attached hydrogens (tertiary/aromatic N) is 3. The first kappa shape index (κ1) is 23.4. The van der Waals surface area contributed by atoms with Crippen molar-refractivity contribution in [3.05, 3.63) is 71.9 Å². The van der Waals surface area contributed by atoms with E-state index in [1.165, 1.54) is 15.3 Å². The van der Waals surface area contributed by atoms with Crippen molar-refractivity contribution in [2.24, 2.45) is 5.92 Å². The fraction of sp³-hybridized carbons (Fsp3) is 0.207. The van der Waals surface area contributed by atoms with Gasteiger partial charge in [0.05, 0.1) is 28.8 Å². The molecule has 1 atom stereocenters. The van der Waals surface area contributed by atoms with Gasteiger partial charge in [0.1, 0.15) is 17.4 Å². The number of aliphatic hydroxyl groups is 1. The minimum absolute atomic E-state index is 0.386. The molecule has 6 aromatic rings. The molecule has 0 aliphatic heterocycles. The van der Waals surface area contributed by atoms with Gasteiger partial charge in [0.15, 0.2) is 0 Å². The first-order valence-electron chi connectivity index (χ1n) is 12.4. The van der Waals surface area contributed by atoms with Crippen LogP contribution in [0.1, 0.15) is 25.1 Å². The molecule has 0 saturated carbocycles. The van der Waals surface area contributed by atoms with E-state index in [1.807, 2.05) is 18.2 Å². The summed E-state index contributed by atoms with van der Waals surface area (Å²) in [7, 11) is 0. The zero-order valence-electron chi connectivity index (χ0n) is 20.9. The van der Waals surface area contributed by atoms with Crippen molar-refractivity contribution in [1.29, 1.82) is 0 Å². The van der Waals surface area contributed by atoms with Crippen LogP contribution in [0.15, 0.2) is 67.0 Å². The maximum Gasteiger partial charge on any atom is 0.135 e. The van der Waals surface area contributed by atoms with Crippen LogP contribution in [0, 0.1) is 12.8 Å². The lowest BCUT2D eigenvalue weighted by atomic mass is 10.1. The average molecular weight is 509 g/mol. The zero-order chi connectivity index (χ0) is 25.5. The van der Waals surface area contributed by atoms with Crippen LogP contribution in [0.25, 0.3) is 55.0 Å². The Bertz CT molecular complexity index is 1710. The fourth-order valence-electron chi connectivity index (χ4n) is 4.68. The fourth-order valence-corrected chi connectivity index (χ4v) is 5.59. The molecule has 1 aromatic carbocycles. The van der Waals surface area contributed by atoms with Gasteiger partial charge in [0.2, 0.25) is 0 Å². The first-order valence-corrected chi connectivity index (χ1v) is 13.2. The Morgan fingerprint density at radius 1 is 1.03 bits per heavy atom. The molecule has 0 spiro atoms. The van der Waals surface area contributed by atoms with Crippen LogP contribution in [0.3, 0.4) is 0 Å². The van der Waals surface area contributed by atoms with Gasteiger partial charge >= 0.3 is 0 Å². The predicted molar refractivity (Wildman–Crippen MR) is 152 cm³/mol. The third kappa shape index (κ3) is 4.61. The highest BCUT2D eigenvalue weighted by molar-refractivity contribution is 7.15. The molecule has 186 valence electrons. The average Bonchev–Trinajstić information content (AvgIpc) is 3.60. The molecule has 7 nitrogen and oxygen atoms in total. The molecule has 0 radical (unpaired) electrons. The summed E-state index contributed by atoms with van der Waals surface area (Å²) < 4.78 is 0. The Balaban J connectivity index is 1.37. The number of aryl methyl sites for hydroxylation is 1. The van der Waals surface area contributed by atoms with Crippen LogP contribution in [-0.4, -0.2) is 36.5 Å². The van der Waals surface area contributed by atoms with Gasteiger partial charge < -0.3 is 15.4 Å². The maximum absolute atomic E-state index is 10.3. The minimum atomic E-state index is -0.627. The molecule has 0 amide bonds. The van der Waals surface area contributed by atoms with E-state index in [1.54, 1.807) is 23.7 Å². The van der Waals surface area contributed by atoms with Crippen molar-refractivity contribution >= 4 is 39.0 Å². The van der Waals surface area contributed by atoms with E-state index in [2.05, 4.69) is 82.7 Å². The van der Waals surface area contributed by atoms with E-state index >= 15 is 0 Å². The maximum atomic E-state index is 10.3. The third-order valence-electron chi connectivity index (χ3n) is 6.39. The van der Waals surface area contributed by atoms with Crippen molar-refractivity contribution < 1.29 is 5.11 Å². The number of aliphatic hydroxyl groups excluding tert-OH is 1. The molecule has 0 aliphatic carbocycles. The van der Waals surface area contributed by atoms with E-state index in [9.17, 15) is 5.11 Å². The standard InChI is InChI=1S/C29H28N6OS/c1-16(2)11-27(36)31-19-12-18(14-30-15-19)22-8-9-24-28(33-22)29(35-34-24)25-13-21-20(5-4-6-23(21)32-25)26-10-7-17(3)37-26/h4-10,12-16,27,31-32,36H,11H2,1-3H3,(H,34,35). The quantitative estimate of drug-likeness (QED) is 0.174. The highest BCUT2D eigenvalue weighted by Gasteiger charge is 2.16. The molecule has 4 N–H and O–H groups in total. The molecule has 0 fully saturated rings. The molecule has 8 heteroatoms. The van der Waals surface area contributed by atoms with Gasteiger partial charge in [-0.1, -0.05) is 26.0 Å². The van der Waals surface area contributed by atoms with Crippen LogP contribution in [0.2, 0.25) is 0 Å². The zero-order valence-corrected chi connectivity index (χ0v) is 21.7. The van der Waals surface area contributed by atoms with E-state index in [4.69, 9.17) is 4.98 Å². The molecule has 0 bridgehead atoms. The summed E-state index contributed by atoms with van der Waals surface area (Å²) in [5.74, 6) is 0.386. The van der Waals surface area contributed by atoms with Gasteiger partial charge in [-0.25, -0.2) is 4.98 Å². The molecule has 6 rings (SSSR count). The number of aromatic amines is 2. The topological polar surface area (TPSA) is 103 Å². The SMILES string of the molecule is Cc1ccc(-c2cccc3[nH]c(-c4n[nH]c5ccc(-c6cncc(NC(O)CC(C)C)c6)nc45)cc23)s1. The lowest BCUT2D eigenvalue weighted by molar-refractivity contribution is 0.176. The van der Waals surface area contributed by atoms with Gasteiger partial charge in [0.25, 0.3) is 0 Å². The number of benzene rings is 1. The van der Waals surface area contributed by atoms with Crippen LogP contribution >= 0.6 is 11.3 Å². The smallest absolute Gasteiger partial charge is 0.135 e. The number of rotatable bonds is 7. The number of hydrogen-bond donors (Lipinski definition) is 4. The van der Waals surface area contributed by atoms with Crippen molar-refractivity contribution in [3.63, 3.8) is 0 Å². The second kappa shape index (κ2) is 9.46. The number of anilines is 1. The van der Waals surface area contributed by atoms with Crippen LogP contribution in [0.5, 0.6) is 0 Å². The Morgan fingerprint density at radius 2 is 1.92 bits per heavy atom. The van der Waals surface area contributed by atoms with Crippen molar-refractivity contribution in [2.45, 2.75) is 33.4 Å². The largest absolute Gasteiger partial charge is 0.374 e.